The Hall–Kier alpha value is -2.69. The molecule has 1 aromatic carbocycles. The molecule has 0 saturated heterocycles. The molecule has 2 fully saturated rings. The lowest BCUT2D eigenvalue weighted by molar-refractivity contribution is -0.154. The molecule has 5 heteroatoms. The number of allylic oxidation sites excluding steroid dienone is 4. The maximum absolute atomic E-state index is 12.2. The first-order valence-corrected chi connectivity index (χ1v) is 12.7. The van der Waals surface area contributed by atoms with E-state index in [1.54, 1.807) is 18.9 Å². The summed E-state index contributed by atoms with van der Waals surface area (Å²) < 4.78 is 5.89. The lowest BCUT2D eigenvalue weighted by Gasteiger charge is -2.52. The molecular weight excluding hydrogens is 426 g/mol. The average Bonchev–Trinajstić information content (AvgIpc) is 3.13. The van der Waals surface area contributed by atoms with E-state index >= 15 is 0 Å². The first-order valence-electron chi connectivity index (χ1n) is 12.7. The van der Waals surface area contributed by atoms with Gasteiger partial charge in [-0.1, -0.05) is 24.6 Å². The van der Waals surface area contributed by atoms with E-state index in [4.69, 9.17) is 4.74 Å². The van der Waals surface area contributed by atoms with Crippen molar-refractivity contribution in [1.82, 2.24) is 0 Å². The van der Waals surface area contributed by atoms with Crippen LogP contribution in [0, 0.1) is 17.3 Å². The van der Waals surface area contributed by atoms with Crippen LogP contribution in [0.15, 0.2) is 47.1 Å². The molecule has 1 amide bonds. The minimum absolute atomic E-state index is 0.00914. The van der Waals surface area contributed by atoms with Gasteiger partial charge in [-0.2, -0.15) is 0 Å². The Kier molecular flexibility index (Phi) is 5.78. The van der Waals surface area contributed by atoms with Crippen LogP contribution in [-0.2, 0) is 19.1 Å². The number of hydrogen-bond donors (Lipinski definition) is 0. The monoisotopic (exact) mass is 461 g/mol. The maximum Gasteiger partial charge on any atom is 0.302 e. The van der Waals surface area contributed by atoms with Gasteiger partial charge in [0.2, 0.25) is 5.91 Å². The molecule has 180 valence electrons. The fraction of sp³-hybridized carbons (Fsp3) is 0.552. The molecule has 0 spiro atoms. The second-order valence-corrected chi connectivity index (χ2v) is 10.9. The van der Waals surface area contributed by atoms with E-state index in [0.717, 1.165) is 44.2 Å². The van der Waals surface area contributed by atoms with Crippen molar-refractivity contribution in [2.45, 2.75) is 77.7 Å². The van der Waals surface area contributed by atoms with Gasteiger partial charge in [0.1, 0.15) is 6.10 Å². The van der Waals surface area contributed by atoms with Gasteiger partial charge in [0, 0.05) is 44.3 Å². The topological polar surface area (TPSA) is 63.7 Å². The summed E-state index contributed by atoms with van der Waals surface area (Å²) in [7, 11) is 1.80. The molecule has 0 radical (unpaired) electrons. The summed E-state index contributed by atoms with van der Waals surface area (Å²) in [6.45, 7) is 5.42. The molecule has 4 aliphatic rings. The summed E-state index contributed by atoms with van der Waals surface area (Å²) in [6.07, 6.45) is 8.28. The number of carbonyl (C=O) groups excluding carboxylic acids is 3. The van der Waals surface area contributed by atoms with Crippen LogP contribution in [0.4, 0.5) is 5.69 Å². The molecule has 34 heavy (non-hydrogen) atoms. The zero-order valence-corrected chi connectivity index (χ0v) is 20.7. The van der Waals surface area contributed by atoms with Gasteiger partial charge in [-0.25, -0.2) is 0 Å². The zero-order chi connectivity index (χ0) is 24.2. The van der Waals surface area contributed by atoms with Gasteiger partial charge in [0.05, 0.1) is 0 Å². The Morgan fingerprint density at radius 1 is 1.03 bits per heavy atom. The largest absolute Gasteiger partial charge is 0.462 e. The number of ether oxygens (including phenoxy) is 1. The van der Waals surface area contributed by atoms with E-state index in [9.17, 15) is 14.4 Å². The number of hydrogen-bond acceptors (Lipinski definition) is 4. The van der Waals surface area contributed by atoms with E-state index in [2.05, 4.69) is 19.1 Å². The molecule has 0 aromatic heterocycles. The Morgan fingerprint density at radius 3 is 2.44 bits per heavy atom. The first-order chi connectivity index (χ1) is 16.2. The Bertz CT molecular complexity index is 1100. The lowest BCUT2D eigenvalue weighted by Crippen LogP contribution is -2.46. The number of ketones is 1. The Balaban J connectivity index is 1.60. The van der Waals surface area contributed by atoms with E-state index in [1.165, 1.54) is 29.2 Å². The molecule has 1 aromatic rings. The van der Waals surface area contributed by atoms with Crippen LogP contribution in [0.5, 0.6) is 0 Å². The van der Waals surface area contributed by atoms with Crippen LogP contribution in [0.25, 0.3) is 0 Å². The number of benzene rings is 1. The van der Waals surface area contributed by atoms with Gasteiger partial charge in [-0.3, -0.25) is 14.4 Å². The van der Waals surface area contributed by atoms with Gasteiger partial charge in [0.25, 0.3) is 0 Å². The quantitative estimate of drug-likeness (QED) is 0.558. The summed E-state index contributed by atoms with van der Waals surface area (Å²) >= 11 is 0. The van der Waals surface area contributed by atoms with Crippen molar-refractivity contribution in [3.63, 3.8) is 0 Å². The lowest BCUT2D eigenvalue weighted by atomic mass is 9.53. The van der Waals surface area contributed by atoms with Gasteiger partial charge < -0.3 is 9.64 Å². The van der Waals surface area contributed by atoms with Crippen molar-refractivity contribution in [2.75, 3.05) is 11.9 Å². The maximum atomic E-state index is 12.2. The van der Waals surface area contributed by atoms with Gasteiger partial charge in [-0.15, -0.1) is 0 Å². The number of carbonyl (C=O) groups is 3. The van der Waals surface area contributed by atoms with Crippen LogP contribution >= 0.6 is 0 Å². The molecule has 0 N–H and O–H groups in total. The highest BCUT2D eigenvalue weighted by Gasteiger charge is 2.57. The summed E-state index contributed by atoms with van der Waals surface area (Å²) in [5.41, 5.74) is 6.27. The highest BCUT2D eigenvalue weighted by molar-refractivity contribution is 5.93. The average molecular weight is 462 g/mol. The van der Waals surface area contributed by atoms with Gasteiger partial charge in [-0.05, 0) is 85.3 Å². The van der Waals surface area contributed by atoms with E-state index in [0.29, 0.717) is 18.3 Å². The van der Waals surface area contributed by atoms with E-state index in [1.807, 2.05) is 18.2 Å². The minimum Gasteiger partial charge on any atom is -0.462 e. The zero-order valence-electron chi connectivity index (χ0n) is 20.7. The summed E-state index contributed by atoms with van der Waals surface area (Å²) in [5.74, 6) is 1.26. The highest BCUT2D eigenvalue weighted by atomic mass is 16.5. The molecule has 5 rings (SSSR count). The van der Waals surface area contributed by atoms with Crippen LogP contribution in [0.1, 0.15) is 77.2 Å². The van der Waals surface area contributed by atoms with Crippen LogP contribution in [0.3, 0.4) is 0 Å². The van der Waals surface area contributed by atoms with Crippen molar-refractivity contribution in [3.8, 4) is 0 Å². The SMILES string of the molecule is CC(=O)OC1CCC2C3CCC4=CC(=O)CCC4=C3C(c3ccc(N(C)C(C)=O)cc3)CC12C. The molecular formula is C29H35NO4. The normalized spacial score (nSPS) is 32.4. The van der Waals surface area contributed by atoms with Crippen molar-refractivity contribution >= 4 is 23.3 Å². The summed E-state index contributed by atoms with van der Waals surface area (Å²) in [5, 5.41) is 0. The Morgan fingerprint density at radius 2 is 1.76 bits per heavy atom. The standard InChI is InChI=1S/C29H35NO4/c1-17(31)30(4)21-8-5-19(6-9-21)25-16-29(3)26(13-14-27(29)34-18(2)32)24-11-7-20-15-22(33)10-12-23(20)28(24)25/h5-6,8-9,15,24-27H,7,10-14,16H2,1-4H3. The van der Waals surface area contributed by atoms with Crippen LogP contribution in [0.2, 0.25) is 0 Å². The van der Waals surface area contributed by atoms with Crippen LogP contribution in [-0.4, -0.2) is 30.8 Å². The first kappa shape index (κ1) is 23.1. The van der Waals surface area contributed by atoms with Crippen LogP contribution < -0.4 is 4.90 Å². The molecule has 5 nitrogen and oxygen atoms in total. The van der Waals surface area contributed by atoms with Crippen molar-refractivity contribution in [3.05, 3.63) is 52.6 Å². The smallest absolute Gasteiger partial charge is 0.302 e. The minimum atomic E-state index is -0.191. The number of anilines is 1. The molecule has 0 bridgehead atoms. The second kappa shape index (κ2) is 8.51. The third-order valence-electron chi connectivity index (χ3n) is 9.11. The number of esters is 1. The predicted molar refractivity (Wildman–Crippen MR) is 131 cm³/mol. The number of amides is 1. The number of rotatable bonds is 3. The van der Waals surface area contributed by atoms with Crippen molar-refractivity contribution in [1.29, 1.82) is 0 Å². The highest BCUT2D eigenvalue weighted by Crippen LogP contribution is 2.64. The fourth-order valence-electron chi connectivity index (χ4n) is 7.42. The predicted octanol–water partition coefficient (Wildman–Crippen LogP) is 5.50. The molecule has 0 heterocycles. The molecule has 5 atom stereocenters. The molecule has 2 saturated carbocycles. The summed E-state index contributed by atoms with van der Waals surface area (Å²) in [4.78, 5) is 37.6. The van der Waals surface area contributed by atoms with Crippen molar-refractivity contribution in [2.24, 2.45) is 17.3 Å². The van der Waals surface area contributed by atoms with Crippen molar-refractivity contribution < 1.29 is 19.1 Å². The fourth-order valence-corrected chi connectivity index (χ4v) is 7.42. The Labute approximate surface area is 202 Å². The summed E-state index contributed by atoms with van der Waals surface area (Å²) in [6, 6.07) is 8.39. The molecule has 5 unspecified atom stereocenters. The van der Waals surface area contributed by atoms with E-state index < -0.39 is 0 Å². The van der Waals surface area contributed by atoms with E-state index in [-0.39, 0.29) is 35.1 Å². The third-order valence-corrected chi connectivity index (χ3v) is 9.11. The molecule has 0 aliphatic heterocycles. The third kappa shape index (κ3) is 3.73. The number of nitrogens with zero attached hydrogens (tertiary/aromatic N) is 1. The van der Waals surface area contributed by atoms with Gasteiger partial charge >= 0.3 is 5.97 Å². The van der Waals surface area contributed by atoms with Gasteiger partial charge in [0.15, 0.2) is 5.78 Å². The molecule has 4 aliphatic carbocycles. The number of fused-ring (bicyclic) bond motifs is 4. The second-order valence-electron chi connectivity index (χ2n) is 10.9.